The molecule has 0 aliphatic rings. The highest BCUT2D eigenvalue weighted by Crippen LogP contribution is 2.29. The number of aryl methyl sites for hydroxylation is 1. The topological polar surface area (TPSA) is 43.4 Å². The number of ether oxygens (including phenoxy) is 2. The zero-order valence-corrected chi connectivity index (χ0v) is 13.0. The second-order valence-corrected chi connectivity index (χ2v) is 4.84. The van der Waals surface area contributed by atoms with Crippen molar-refractivity contribution in [2.24, 2.45) is 0 Å². The van der Waals surface area contributed by atoms with Gasteiger partial charge in [-0.25, -0.2) is 0 Å². The van der Waals surface area contributed by atoms with Crippen molar-refractivity contribution in [1.29, 1.82) is 0 Å². The van der Waals surface area contributed by atoms with Crippen LogP contribution in [0.25, 0.3) is 0 Å². The first kappa shape index (κ1) is 15.3. The normalized spacial score (nSPS) is 12.0. The van der Waals surface area contributed by atoms with E-state index in [9.17, 15) is 0 Å². The van der Waals surface area contributed by atoms with Gasteiger partial charge >= 0.3 is 0 Å². The molecule has 0 spiro atoms. The van der Waals surface area contributed by atoms with E-state index in [1.54, 1.807) is 14.2 Å². The van der Waals surface area contributed by atoms with Gasteiger partial charge in [0.15, 0.2) is 0 Å². The summed E-state index contributed by atoms with van der Waals surface area (Å²) in [4.78, 5) is 4.64. The molecular formula is C17H22N2O2. The monoisotopic (exact) mass is 286 g/mol. The maximum atomic E-state index is 5.36. The standard InChI is InChI=1S/C17H22N2O2/c1-5-18-17(16-8-6-7-12(2)19-16)13-9-14(20-3)11-15(10-13)21-4/h6-11,17-18H,5H2,1-4H3. The highest BCUT2D eigenvalue weighted by molar-refractivity contribution is 5.42. The molecule has 0 saturated carbocycles. The number of hydrogen-bond acceptors (Lipinski definition) is 4. The van der Waals surface area contributed by atoms with E-state index in [1.165, 1.54) is 0 Å². The molecule has 4 nitrogen and oxygen atoms in total. The lowest BCUT2D eigenvalue weighted by Gasteiger charge is -2.20. The van der Waals surface area contributed by atoms with Gasteiger partial charge in [-0.2, -0.15) is 0 Å². The first-order valence-corrected chi connectivity index (χ1v) is 7.07. The average Bonchev–Trinajstić information content (AvgIpc) is 2.52. The van der Waals surface area contributed by atoms with Crippen LogP contribution >= 0.6 is 0 Å². The number of benzene rings is 1. The molecule has 1 aromatic carbocycles. The van der Waals surface area contributed by atoms with Crippen LogP contribution in [0.3, 0.4) is 0 Å². The zero-order valence-electron chi connectivity index (χ0n) is 13.0. The van der Waals surface area contributed by atoms with E-state index in [-0.39, 0.29) is 6.04 Å². The Hall–Kier alpha value is -2.07. The van der Waals surface area contributed by atoms with Gasteiger partial charge in [-0.15, -0.1) is 0 Å². The number of hydrogen-bond donors (Lipinski definition) is 1. The van der Waals surface area contributed by atoms with Crippen LogP contribution in [0.4, 0.5) is 0 Å². The lowest BCUT2D eigenvalue weighted by molar-refractivity contribution is 0.392. The number of aromatic nitrogens is 1. The van der Waals surface area contributed by atoms with Crippen molar-refractivity contribution in [2.75, 3.05) is 20.8 Å². The van der Waals surface area contributed by atoms with Gasteiger partial charge in [-0.1, -0.05) is 13.0 Å². The molecule has 0 saturated heterocycles. The van der Waals surface area contributed by atoms with Gasteiger partial charge in [0.1, 0.15) is 11.5 Å². The van der Waals surface area contributed by atoms with E-state index >= 15 is 0 Å². The fourth-order valence-electron chi connectivity index (χ4n) is 2.32. The first-order valence-electron chi connectivity index (χ1n) is 7.07. The van der Waals surface area contributed by atoms with Gasteiger partial charge in [0.25, 0.3) is 0 Å². The predicted octanol–water partition coefficient (Wildman–Crippen LogP) is 3.11. The van der Waals surface area contributed by atoms with E-state index in [4.69, 9.17) is 9.47 Å². The zero-order chi connectivity index (χ0) is 15.2. The highest BCUT2D eigenvalue weighted by Gasteiger charge is 2.16. The Morgan fingerprint density at radius 3 is 2.29 bits per heavy atom. The number of rotatable bonds is 6. The molecule has 0 aliphatic heterocycles. The van der Waals surface area contributed by atoms with E-state index < -0.39 is 0 Å². The van der Waals surface area contributed by atoms with Gasteiger partial charge < -0.3 is 14.8 Å². The summed E-state index contributed by atoms with van der Waals surface area (Å²) in [6.45, 7) is 4.93. The van der Waals surface area contributed by atoms with Crippen LogP contribution in [-0.2, 0) is 0 Å². The summed E-state index contributed by atoms with van der Waals surface area (Å²) in [6.07, 6.45) is 0. The van der Waals surface area contributed by atoms with Crippen LogP contribution in [0.5, 0.6) is 11.5 Å². The first-order chi connectivity index (χ1) is 10.2. The van der Waals surface area contributed by atoms with Crippen LogP contribution in [0.1, 0.15) is 29.9 Å². The molecule has 1 atom stereocenters. The average molecular weight is 286 g/mol. The summed E-state index contributed by atoms with van der Waals surface area (Å²) < 4.78 is 10.7. The maximum Gasteiger partial charge on any atom is 0.122 e. The Morgan fingerprint density at radius 1 is 1.10 bits per heavy atom. The van der Waals surface area contributed by atoms with Crippen LogP contribution < -0.4 is 14.8 Å². The molecule has 4 heteroatoms. The molecule has 0 radical (unpaired) electrons. The lowest BCUT2D eigenvalue weighted by atomic mass is 10.0. The Balaban J connectivity index is 2.46. The van der Waals surface area contributed by atoms with E-state index in [0.29, 0.717) is 0 Å². The summed E-state index contributed by atoms with van der Waals surface area (Å²) in [5, 5.41) is 3.47. The Labute approximate surface area is 126 Å². The van der Waals surface area contributed by atoms with Crippen molar-refractivity contribution in [3.05, 3.63) is 53.3 Å². The van der Waals surface area contributed by atoms with Gasteiger partial charge in [0, 0.05) is 11.8 Å². The van der Waals surface area contributed by atoms with Gasteiger partial charge in [0.2, 0.25) is 0 Å². The molecule has 0 aliphatic carbocycles. The summed E-state index contributed by atoms with van der Waals surface area (Å²) >= 11 is 0. The fourth-order valence-corrected chi connectivity index (χ4v) is 2.32. The Bertz CT molecular complexity index is 577. The summed E-state index contributed by atoms with van der Waals surface area (Å²) in [5.74, 6) is 1.56. The van der Waals surface area contributed by atoms with E-state index in [0.717, 1.165) is 35.0 Å². The lowest BCUT2D eigenvalue weighted by Crippen LogP contribution is -2.23. The smallest absolute Gasteiger partial charge is 0.122 e. The van der Waals surface area contributed by atoms with Crippen LogP contribution in [0.2, 0.25) is 0 Å². The van der Waals surface area contributed by atoms with Crippen molar-refractivity contribution in [3.8, 4) is 11.5 Å². The summed E-state index contributed by atoms with van der Waals surface area (Å²) in [6, 6.07) is 12.0. The van der Waals surface area contributed by atoms with E-state index in [1.807, 2.05) is 43.3 Å². The van der Waals surface area contributed by atoms with Crippen molar-refractivity contribution < 1.29 is 9.47 Å². The molecule has 2 rings (SSSR count). The van der Waals surface area contributed by atoms with Crippen LogP contribution in [-0.4, -0.2) is 25.7 Å². The molecule has 0 bridgehead atoms. The largest absolute Gasteiger partial charge is 0.497 e. The molecule has 1 aromatic heterocycles. The minimum absolute atomic E-state index is 0.0129. The van der Waals surface area contributed by atoms with Crippen LogP contribution in [0, 0.1) is 6.92 Å². The number of nitrogens with one attached hydrogen (secondary N) is 1. The number of pyridine rings is 1. The maximum absolute atomic E-state index is 5.36. The Morgan fingerprint density at radius 2 is 1.76 bits per heavy atom. The minimum atomic E-state index is 0.0129. The molecule has 1 N–H and O–H groups in total. The molecule has 0 amide bonds. The van der Waals surface area contributed by atoms with Gasteiger partial charge in [-0.05, 0) is 43.3 Å². The third kappa shape index (κ3) is 3.73. The quantitative estimate of drug-likeness (QED) is 0.886. The second-order valence-electron chi connectivity index (χ2n) is 4.84. The molecular weight excluding hydrogens is 264 g/mol. The van der Waals surface area contributed by atoms with E-state index in [2.05, 4.69) is 17.2 Å². The molecule has 112 valence electrons. The fraction of sp³-hybridized carbons (Fsp3) is 0.353. The van der Waals surface area contributed by atoms with Crippen molar-refractivity contribution in [2.45, 2.75) is 19.9 Å². The molecule has 1 unspecified atom stereocenters. The number of nitrogens with zero attached hydrogens (tertiary/aromatic N) is 1. The Kier molecular flexibility index (Phi) is 5.17. The second kappa shape index (κ2) is 7.09. The van der Waals surface area contributed by atoms with Crippen molar-refractivity contribution in [3.63, 3.8) is 0 Å². The van der Waals surface area contributed by atoms with Gasteiger partial charge in [0.05, 0.1) is 26.0 Å². The summed E-state index contributed by atoms with van der Waals surface area (Å²) in [7, 11) is 3.32. The SMILES string of the molecule is CCNC(c1cc(OC)cc(OC)c1)c1cccc(C)n1. The third-order valence-corrected chi connectivity index (χ3v) is 3.32. The highest BCUT2D eigenvalue weighted by atomic mass is 16.5. The minimum Gasteiger partial charge on any atom is -0.497 e. The van der Waals surface area contributed by atoms with Crippen LogP contribution in [0.15, 0.2) is 36.4 Å². The van der Waals surface area contributed by atoms with Crippen molar-refractivity contribution in [1.82, 2.24) is 10.3 Å². The molecule has 2 aromatic rings. The predicted molar refractivity (Wildman–Crippen MR) is 84.0 cm³/mol. The molecule has 21 heavy (non-hydrogen) atoms. The van der Waals surface area contributed by atoms with Crippen molar-refractivity contribution >= 4 is 0 Å². The third-order valence-electron chi connectivity index (χ3n) is 3.32. The van der Waals surface area contributed by atoms with Gasteiger partial charge in [-0.3, -0.25) is 4.98 Å². The molecule has 1 heterocycles. The number of methoxy groups -OCH3 is 2. The molecule has 0 fully saturated rings. The summed E-state index contributed by atoms with van der Waals surface area (Å²) in [5.41, 5.74) is 3.07.